The predicted octanol–water partition coefficient (Wildman–Crippen LogP) is 0.830. The second-order valence-electron chi connectivity index (χ2n) is 4.35. The molecule has 1 saturated carbocycles. The maximum atomic E-state index is 11.4. The molecule has 1 heterocycles. The number of anilines is 1. The first-order valence-corrected chi connectivity index (χ1v) is 5.67. The summed E-state index contributed by atoms with van der Waals surface area (Å²) < 4.78 is 0. The molecule has 1 aromatic heterocycles. The summed E-state index contributed by atoms with van der Waals surface area (Å²) in [5.41, 5.74) is -0.115. The molecular formula is C11H17N3O2. The molecule has 0 radical (unpaired) electrons. The maximum Gasteiger partial charge on any atom is 0.252 e. The van der Waals surface area contributed by atoms with Gasteiger partial charge in [0.15, 0.2) is 0 Å². The first-order valence-electron chi connectivity index (χ1n) is 5.67. The number of rotatable bonds is 5. The van der Waals surface area contributed by atoms with Crippen LogP contribution in [0.15, 0.2) is 10.9 Å². The molecule has 0 aromatic carbocycles. The van der Waals surface area contributed by atoms with Crippen LogP contribution in [0.5, 0.6) is 0 Å². The highest BCUT2D eigenvalue weighted by Gasteiger charge is 2.26. The van der Waals surface area contributed by atoms with Gasteiger partial charge in [0, 0.05) is 24.6 Å². The van der Waals surface area contributed by atoms with Gasteiger partial charge in [-0.15, -0.1) is 0 Å². The third kappa shape index (κ3) is 2.82. The fraction of sp³-hybridized carbons (Fsp3) is 0.636. The van der Waals surface area contributed by atoms with Gasteiger partial charge >= 0.3 is 0 Å². The zero-order valence-corrected chi connectivity index (χ0v) is 9.36. The second-order valence-corrected chi connectivity index (χ2v) is 4.35. The van der Waals surface area contributed by atoms with E-state index >= 15 is 0 Å². The molecule has 5 nitrogen and oxygen atoms in total. The predicted molar refractivity (Wildman–Crippen MR) is 61.6 cm³/mol. The number of hydrogen-bond donors (Lipinski definition) is 3. The third-order valence-electron chi connectivity index (χ3n) is 2.68. The van der Waals surface area contributed by atoms with Gasteiger partial charge in [0.25, 0.3) is 5.56 Å². The lowest BCUT2D eigenvalue weighted by Crippen LogP contribution is -2.20. The van der Waals surface area contributed by atoms with Crippen LogP contribution in [0.1, 0.15) is 37.9 Å². The van der Waals surface area contributed by atoms with E-state index in [2.05, 4.69) is 15.3 Å². The Morgan fingerprint density at radius 3 is 3.06 bits per heavy atom. The molecule has 1 aromatic rings. The SMILES string of the molecule is CC(CCO)Nc1cc(=O)[nH]c(C2CC2)n1. The number of aliphatic hydroxyl groups excluding tert-OH is 1. The number of aromatic nitrogens is 2. The van der Waals surface area contributed by atoms with Gasteiger partial charge in [-0.2, -0.15) is 0 Å². The number of nitrogens with zero attached hydrogens (tertiary/aromatic N) is 1. The van der Waals surface area contributed by atoms with Crippen molar-refractivity contribution in [1.29, 1.82) is 0 Å². The first kappa shape index (κ1) is 11.1. The van der Waals surface area contributed by atoms with Gasteiger partial charge in [0.05, 0.1) is 0 Å². The minimum atomic E-state index is -0.115. The van der Waals surface area contributed by atoms with E-state index in [1.807, 2.05) is 6.92 Å². The molecule has 3 N–H and O–H groups in total. The van der Waals surface area contributed by atoms with Crippen LogP contribution in [0.2, 0.25) is 0 Å². The summed E-state index contributed by atoms with van der Waals surface area (Å²) >= 11 is 0. The molecule has 1 atom stereocenters. The van der Waals surface area contributed by atoms with Crippen molar-refractivity contribution < 1.29 is 5.11 Å². The number of H-pyrrole nitrogens is 1. The van der Waals surface area contributed by atoms with E-state index in [0.29, 0.717) is 18.2 Å². The van der Waals surface area contributed by atoms with Gasteiger partial charge in [0.2, 0.25) is 0 Å². The monoisotopic (exact) mass is 223 g/mol. The lowest BCUT2D eigenvalue weighted by Gasteiger charge is -2.13. The van der Waals surface area contributed by atoms with Crippen molar-refractivity contribution in [2.75, 3.05) is 11.9 Å². The van der Waals surface area contributed by atoms with Gasteiger partial charge in [-0.1, -0.05) is 0 Å². The van der Waals surface area contributed by atoms with Crippen LogP contribution in [-0.4, -0.2) is 27.7 Å². The zero-order valence-electron chi connectivity index (χ0n) is 9.36. The summed E-state index contributed by atoms with van der Waals surface area (Å²) in [6.07, 6.45) is 2.87. The highest BCUT2D eigenvalue weighted by molar-refractivity contribution is 5.34. The average Bonchev–Trinajstić information content (AvgIpc) is 2.99. The fourth-order valence-corrected chi connectivity index (χ4v) is 1.62. The van der Waals surface area contributed by atoms with Crippen molar-refractivity contribution in [2.45, 2.75) is 38.1 Å². The molecule has 0 spiro atoms. The minimum absolute atomic E-state index is 0.115. The Morgan fingerprint density at radius 1 is 1.69 bits per heavy atom. The van der Waals surface area contributed by atoms with Crippen LogP contribution in [-0.2, 0) is 0 Å². The molecule has 1 aliphatic carbocycles. The molecule has 0 amide bonds. The van der Waals surface area contributed by atoms with E-state index in [-0.39, 0.29) is 18.2 Å². The molecule has 1 fully saturated rings. The van der Waals surface area contributed by atoms with Crippen LogP contribution in [0.25, 0.3) is 0 Å². The van der Waals surface area contributed by atoms with Crippen molar-refractivity contribution in [3.63, 3.8) is 0 Å². The Morgan fingerprint density at radius 2 is 2.44 bits per heavy atom. The molecule has 88 valence electrons. The van der Waals surface area contributed by atoms with Gasteiger partial charge < -0.3 is 15.4 Å². The minimum Gasteiger partial charge on any atom is -0.396 e. The second kappa shape index (κ2) is 4.65. The highest BCUT2D eigenvalue weighted by atomic mass is 16.3. The zero-order chi connectivity index (χ0) is 11.5. The number of aromatic amines is 1. The number of aliphatic hydroxyl groups is 1. The average molecular weight is 223 g/mol. The van der Waals surface area contributed by atoms with E-state index in [1.54, 1.807) is 0 Å². The molecule has 5 heteroatoms. The summed E-state index contributed by atoms with van der Waals surface area (Å²) in [4.78, 5) is 18.5. The quantitative estimate of drug-likeness (QED) is 0.691. The summed E-state index contributed by atoms with van der Waals surface area (Å²) in [6, 6.07) is 1.58. The Labute approximate surface area is 93.9 Å². The largest absolute Gasteiger partial charge is 0.396 e. The fourth-order valence-electron chi connectivity index (χ4n) is 1.62. The highest BCUT2D eigenvalue weighted by Crippen LogP contribution is 2.37. The first-order chi connectivity index (χ1) is 7.69. The van der Waals surface area contributed by atoms with Crippen molar-refractivity contribution >= 4 is 5.82 Å². The summed E-state index contributed by atoms with van der Waals surface area (Å²) in [6.45, 7) is 2.09. The number of hydrogen-bond acceptors (Lipinski definition) is 4. The lowest BCUT2D eigenvalue weighted by atomic mass is 10.2. The smallest absolute Gasteiger partial charge is 0.252 e. The van der Waals surface area contributed by atoms with Crippen LogP contribution in [0.4, 0.5) is 5.82 Å². The van der Waals surface area contributed by atoms with E-state index in [4.69, 9.17) is 5.11 Å². The molecule has 1 aliphatic rings. The van der Waals surface area contributed by atoms with Gasteiger partial charge in [-0.25, -0.2) is 4.98 Å². The molecule has 2 rings (SSSR count). The summed E-state index contributed by atoms with van der Waals surface area (Å²) in [5.74, 6) is 1.82. The molecule has 0 bridgehead atoms. The van der Waals surface area contributed by atoms with Crippen molar-refractivity contribution in [3.05, 3.63) is 22.2 Å². The van der Waals surface area contributed by atoms with Crippen LogP contribution >= 0.6 is 0 Å². The topological polar surface area (TPSA) is 78.0 Å². The molecule has 0 saturated heterocycles. The maximum absolute atomic E-state index is 11.4. The number of nitrogens with one attached hydrogen (secondary N) is 2. The Balaban J connectivity index is 2.10. The van der Waals surface area contributed by atoms with Crippen molar-refractivity contribution in [2.24, 2.45) is 0 Å². The van der Waals surface area contributed by atoms with Crippen LogP contribution in [0, 0.1) is 0 Å². The molecular weight excluding hydrogens is 206 g/mol. The van der Waals surface area contributed by atoms with Crippen LogP contribution < -0.4 is 10.9 Å². The van der Waals surface area contributed by atoms with Crippen molar-refractivity contribution in [3.8, 4) is 0 Å². The lowest BCUT2D eigenvalue weighted by molar-refractivity contribution is 0.282. The Kier molecular flexibility index (Phi) is 3.24. The molecule has 1 unspecified atom stereocenters. The van der Waals surface area contributed by atoms with Crippen LogP contribution in [0.3, 0.4) is 0 Å². The van der Waals surface area contributed by atoms with Crippen molar-refractivity contribution in [1.82, 2.24) is 9.97 Å². The molecule has 0 aliphatic heterocycles. The van der Waals surface area contributed by atoms with Gasteiger partial charge in [0.1, 0.15) is 11.6 Å². The standard InChI is InChI=1S/C11H17N3O2/c1-7(4-5-15)12-9-6-10(16)14-11(13-9)8-2-3-8/h6-8,15H,2-5H2,1H3,(H2,12,13,14,16). The summed E-state index contributed by atoms with van der Waals surface area (Å²) in [7, 11) is 0. The van der Waals surface area contributed by atoms with Gasteiger partial charge in [-0.05, 0) is 26.2 Å². The van der Waals surface area contributed by atoms with E-state index in [0.717, 1.165) is 18.7 Å². The third-order valence-corrected chi connectivity index (χ3v) is 2.68. The van der Waals surface area contributed by atoms with E-state index < -0.39 is 0 Å². The van der Waals surface area contributed by atoms with E-state index in [9.17, 15) is 4.79 Å². The normalized spacial score (nSPS) is 17.1. The summed E-state index contributed by atoms with van der Waals surface area (Å²) in [5, 5.41) is 11.9. The Hall–Kier alpha value is -1.36. The van der Waals surface area contributed by atoms with E-state index in [1.165, 1.54) is 6.07 Å². The van der Waals surface area contributed by atoms with Gasteiger partial charge in [-0.3, -0.25) is 4.79 Å². The molecule has 16 heavy (non-hydrogen) atoms. The Bertz CT molecular complexity index is 412.